The summed E-state index contributed by atoms with van der Waals surface area (Å²) in [7, 11) is 1.82. The van der Waals surface area contributed by atoms with Crippen LogP contribution in [0, 0.1) is 25.7 Å². The molecule has 5 heteroatoms. The van der Waals surface area contributed by atoms with Crippen LogP contribution >= 0.6 is 0 Å². The minimum atomic E-state index is 0.159. The van der Waals surface area contributed by atoms with Gasteiger partial charge in [0.15, 0.2) is 0 Å². The zero-order valence-electron chi connectivity index (χ0n) is 15.6. The van der Waals surface area contributed by atoms with E-state index >= 15 is 0 Å². The number of fused-ring (bicyclic) bond motifs is 1. The summed E-state index contributed by atoms with van der Waals surface area (Å²) in [5, 5.41) is 0. The molecule has 1 aliphatic carbocycles. The second-order valence-corrected chi connectivity index (χ2v) is 8.09. The highest BCUT2D eigenvalue weighted by molar-refractivity contribution is 5.94. The molecule has 0 unspecified atom stereocenters. The average molecular weight is 343 g/mol. The van der Waals surface area contributed by atoms with Gasteiger partial charge in [0.05, 0.1) is 12.1 Å². The maximum absolute atomic E-state index is 13.2. The highest BCUT2D eigenvalue weighted by Gasteiger charge is 2.46. The Morgan fingerprint density at radius 2 is 1.92 bits per heavy atom. The Bertz CT molecular complexity index is 638. The van der Waals surface area contributed by atoms with E-state index in [9.17, 15) is 4.79 Å². The lowest BCUT2D eigenvalue weighted by Crippen LogP contribution is -2.53. The smallest absolute Gasteiger partial charge is 0.254 e. The number of likely N-dealkylation sites (tertiary alicyclic amines) is 2. The minimum absolute atomic E-state index is 0.159. The predicted octanol–water partition coefficient (Wildman–Crippen LogP) is 2.27. The molecule has 136 valence electrons. The van der Waals surface area contributed by atoms with Crippen molar-refractivity contribution in [2.75, 3.05) is 33.3 Å². The van der Waals surface area contributed by atoms with Gasteiger partial charge >= 0.3 is 0 Å². The highest BCUT2D eigenvalue weighted by atomic mass is 16.5. The lowest BCUT2D eigenvalue weighted by atomic mass is 9.88. The predicted molar refractivity (Wildman–Crippen MR) is 96.6 cm³/mol. The van der Waals surface area contributed by atoms with E-state index in [4.69, 9.17) is 4.74 Å². The lowest BCUT2D eigenvalue weighted by molar-refractivity contribution is -0.0156. The van der Waals surface area contributed by atoms with Gasteiger partial charge < -0.3 is 14.5 Å². The molecule has 0 aromatic carbocycles. The number of carbonyl (C=O) groups excluding carboxylic acids is 1. The molecular weight excluding hydrogens is 314 g/mol. The number of ether oxygens (including phenoxy) is 1. The van der Waals surface area contributed by atoms with E-state index in [-0.39, 0.29) is 18.1 Å². The van der Waals surface area contributed by atoms with Crippen LogP contribution in [0.5, 0.6) is 0 Å². The topological polar surface area (TPSA) is 45.7 Å². The Morgan fingerprint density at radius 1 is 1.20 bits per heavy atom. The first-order valence-corrected chi connectivity index (χ1v) is 9.56. The second-order valence-electron chi connectivity index (χ2n) is 8.09. The van der Waals surface area contributed by atoms with Gasteiger partial charge in [-0.25, -0.2) is 0 Å². The molecular formula is C20H29N3O2. The Balaban J connectivity index is 1.55. The molecule has 0 bridgehead atoms. The van der Waals surface area contributed by atoms with E-state index in [2.05, 4.69) is 14.8 Å². The molecule has 1 aromatic rings. The number of rotatable bonds is 4. The number of hydrogen-bond donors (Lipinski definition) is 0. The Kier molecular flexibility index (Phi) is 4.54. The summed E-state index contributed by atoms with van der Waals surface area (Å²) >= 11 is 0. The molecule has 1 saturated carbocycles. The molecule has 1 amide bonds. The molecule has 0 spiro atoms. The Labute approximate surface area is 150 Å². The average Bonchev–Trinajstić information content (AvgIpc) is 3.28. The zero-order valence-corrected chi connectivity index (χ0v) is 15.6. The molecule has 3 aliphatic rings. The van der Waals surface area contributed by atoms with Gasteiger partial charge in [-0.3, -0.25) is 9.78 Å². The van der Waals surface area contributed by atoms with Crippen molar-refractivity contribution in [2.45, 2.75) is 45.3 Å². The minimum Gasteiger partial charge on any atom is -0.381 e. The molecule has 2 aliphatic heterocycles. The standard InChI is InChI=1S/C20H29N3O2/c1-13-8-16(9-14(2)21-13)20(24)23-7-6-19(25-3)17-11-22(12-18(17)23)10-15-4-5-15/h8-9,15,17-19H,4-7,10-12H2,1-3H3/t17-,18+,19-/m1/s1. The van der Waals surface area contributed by atoms with Crippen LogP contribution in [-0.2, 0) is 4.74 Å². The molecule has 3 atom stereocenters. The third kappa shape index (κ3) is 3.44. The van der Waals surface area contributed by atoms with Crippen molar-refractivity contribution in [3.8, 4) is 0 Å². The summed E-state index contributed by atoms with van der Waals surface area (Å²) in [5.74, 6) is 1.48. The molecule has 0 N–H and O–H groups in total. The van der Waals surface area contributed by atoms with Crippen molar-refractivity contribution in [3.05, 3.63) is 29.1 Å². The van der Waals surface area contributed by atoms with Gasteiger partial charge in [0.25, 0.3) is 5.91 Å². The van der Waals surface area contributed by atoms with Crippen molar-refractivity contribution in [1.82, 2.24) is 14.8 Å². The van der Waals surface area contributed by atoms with Gasteiger partial charge in [-0.05, 0) is 51.2 Å². The summed E-state index contributed by atoms with van der Waals surface area (Å²) in [4.78, 5) is 22.3. The fourth-order valence-electron chi connectivity index (χ4n) is 4.72. The third-order valence-electron chi connectivity index (χ3n) is 6.05. The molecule has 3 fully saturated rings. The van der Waals surface area contributed by atoms with Crippen LogP contribution in [0.25, 0.3) is 0 Å². The molecule has 1 aromatic heterocycles. The SMILES string of the molecule is CO[C@@H]1CCN(C(=O)c2cc(C)nc(C)c2)[C@H]2CN(CC3CC3)C[C@@H]12. The number of aromatic nitrogens is 1. The number of piperidine rings is 1. The molecule has 5 nitrogen and oxygen atoms in total. The van der Waals surface area contributed by atoms with Gasteiger partial charge in [0.2, 0.25) is 0 Å². The van der Waals surface area contributed by atoms with Crippen LogP contribution in [0.1, 0.15) is 41.0 Å². The molecule has 0 radical (unpaired) electrons. The largest absolute Gasteiger partial charge is 0.381 e. The highest BCUT2D eigenvalue weighted by Crippen LogP contribution is 2.36. The van der Waals surface area contributed by atoms with E-state index in [1.807, 2.05) is 33.1 Å². The van der Waals surface area contributed by atoms with Crippen molar-refractivity contribution < 1.29 is 9.53 Å². The Hall–Kier alpha value is -1.46. The van der Waals surface area contributed by atoms with E-state index in [1.165, 1.54) is 19.4 Å². The van der Waals surface area contributed by atoms with Crippen molar-refractivity contribution in [3.63, 3.8) is 0 Å². The fourth-order valence-corrected chi connectivity index (χ4v) is 4.72. The first-order chi connectivity index (χ1) is 12.0. The first-order valence-electron chi connectivity index (χ1n) is 9.56. The van der Waals surface area contributed by atoms with Crippen LogP contribution in [0.2, 0.25) is 0 Å². The van der Waals surface area contributed by atoms with Gasteiger partial charge in [-0.15, -0.1) is 0 Å². The van der Waals surface area contributed by atoms with Crippen LogP contribution in [-0.4, -0.2) is 66.1 Å². The van der Waals surface area contributed by atoms with Crippen LogP contribution in [0.15, 0.2) is 12.1 Å². The second kappa shape index (κ2) is 6.69. The van der Waals surface area contributed by atoms with Crippen LogP contribution in [0.3, 0.4) is 0 Å². The zero-order chi connectivity index (χ0) is 17.6. The van der Waals surface area contributed by atoms with E-state index in [1.54, 1.807) is 0 Å². The normalized spacial score (nSPS) is 29.7. The molecule has 4 rings (SSSR count). The summed E-state index contributed by atoms with van der Waals surface area (Å²) in [5.41, 5.74) is 2.60. The van der Waals surface area contributed by atoms with Crippen molar-refractivity contribution in [1.29, 1.82) is 0 Å². The number of carbonyl (C=O) groups is 1. The summed E-state index contributed by atoms with van der Waals surface area (Å²) in [6.45, 7) is 7.95. The summed E-state index contributed by atoms with van der Waals surface area (Å²) in [6, 6.07) is 4.12. The number of aryl methyl sites for hydroxylation is 2. The maximum Gasteiger partial charge on any atom is 0.254 e. The number of hydrogen-bond acceptors (Lipinski definition) is 4. The summed E-state index contributed by atoms with van der Waals surface area (Å²) in [6.07, 6.45) is 3.96. The fraction of sp³-hybridized carbons (Fsp3) is 0.700. The lowest BCUT2D eigenvalue weighted by Gasteiger charge is -2.41. The number of nitrogens with zero attached hydrogens (tertiary/aromatic N) is 3. The third-order valence-corrected chi connectivity index (χ3v) is 6.05. The van der Waals surface area contributed by atoms with Crippen LogP contribution in [0.4, 0.5) is 0 Å². The maximum atomic E-state index is 13.2. The van der Waals surface area contributed by atoms with E-state index in [0.717, 1.165) is 48.9 Å². The summed E-state index contributed by atoms with van der Waals surface area (Å²) < 4.78 is 5.77. The van der Waals surface area contributed by atoms with Gasteiger partial charge in [0, 0.05) is 56.2 Å². The molecule has 25 heavy (non-hydrogen) atoms. The van der Waals surface area contributed by atoms with Crippen molar-refractivity contribution >= 4 is 5.91 Å². The number of amides is 1. The number of pyridine rings is 1. The van der Waals surface area contributed by atoms with Gasteiger partial charge in [0.1, 0.15) is 0 Å². The number of methoxy groups -OCH3 is 1. The van der Waals surface area contributed by atoms with Crippen LogP contribution < -0.4 is 0 Å². The van der Waals surface area contributed by atoms with E-state index < -0.39 is 0 Å². The van der Waals surface area contributed by atoms with E-state index in [0.29, 0.717) is 5.92 Å². The van der Waals surface area contributed by atoms with Gasteiger partial charge in [-0.1, -0.05) is 0 Å². The monoisotopic (exact) mass is 343 g/mol. The Morgan fingerprint density at radius 3 is 2.56 bits per heavy atom. The van der Waals surface area contributed by atoms with Crippen molar-refractivity contribution in [2.24, 2.45) is 11.8 Å². The first kappa shape index (κ1) is 17.0. The molecule has 3 heterocycles. The quantitative estimate of drug-likeness (QED) is 0.841. The molecule has 2 saturated heterocycles. The van der Waals surface area contributed by atoms with Gasteiger partial charge in [-0.2, -0.15) is 0 Å².